The number of aliphatic hydroxyl groups is 1. The van der Waals surface area contributed by atoms with Gasteiger partial charge in [-0.05, 0) is 86.4 Å². The van der Waals surface area contributed by atoms with Crippen LogP contribution in [0.1, 0.15) is 72.1 Å². The van der Waals surface area contributed by atoms with E-state index < -0.39 is 5.60 Å². The largest absolute Gasteiger partial charge is 0.390 e. The molecule has 3 unspecified atom stereocenters. The number of ketones is 1. The van der Waals surface area contributed by atoms with E-state index in [4.69, 9.17) is 0 Å². The van der Waals surface area contributed by atoms with Crippen LogP contribution in [0.5, 0.6) is 0 Å². The number of carbonyl (C=O) groups excluding carboxylic acids is 2. The molecule has 4 rings (SSSR count). The van der Waals surface area contributed by atoms with Crippen molar-refractivity contribution in [3.63, 3.8) is 0 Å². The van der Waals surface area contributed by atoms with Crippen molar-refractivity contribution in [3.05, 3.63) is 0 Å². The number of Topliss-reactive ketones (excluding diaryl/α,β-unsaturated/α-hetero) is 1. The molecule has 1 N–H and O–H groups in total. The molecule has 134 valence electrons. The zero-order valence-corrected chi connectivity index (χ0v) is 15.4. The first kappa shape index (κ1) is 16.8. The standard InChI is InChI=1S/C21H32O3/c1-19-11-13(12-22)18(23)10-14(19)4-5-15-16(19)6-8-20(2)17(15)7-9-21(20,3)24/h12-17,24H,4-11H2,1-3H3/t13?,14?,15-,16-,17+,19+,20+,21?/m1/s1. The summed E-state index contributed by atoms with van der Waals surface area (Å²) in [5.74, 6) is 2.17. The van der Waals surface area contributed by atoms with Gasteiger partial charge in [0.15, 0.2) is 0 Å². The Kier molecular flexibility index (Phi) is 3.60. The van der Waals surface area contributed by atoms with Gasteiger partial charge in [-0.3, -0.25) is 4.79 Å². The molecule has 0 aromatic heterocycles. The Labute approximate surface area is 145 Å². The first-order valence-corrected chi connectivity index (χ1v) is 9.93. The van der Waals surface area contributed by atoms with Crippen LogP contribution in [0.2, 0.25) is 0 Å². The molecule has 4 saturated carbocycles. The maximum absolute atomic E-state index is 12.2. The highest BCUT2D eigenvalue weighted by atomic mass is 16.3. The number of hydrogen-bond acceptors (Lipinski definition) is 3. The maximum atomic E-state index is 12.2. The van der Waals surface area contributed by atoms with E-state index in [1.54, 1.807) is 0 Å². The van der Waals surface area contributed by atoms with Crippen molar-refractivity contribution in [1.82, 2.24) is 0 Å². The Morgan fingerprint density at radius 1 is 1.04 bits per heavy atom. The highest BCUT2D eigenvalue weighted by Gasteiger charge is 2.63. The molecule has 4 aliphatic carbocycles. The van der Waals surface area contributed by atoms with Crippen molar-refractivity contribution in [3.8, 4) is 0 Å². The third-order valence-corrected chi connectivity index (χ3v) is 9.31. The maximum Gasteiger partial charge on any atom is 0.143 e. The Hall–Kier alpha value is -0.700. The SMILES string of the molecule is CC1(O)CC[C@H]2[C@@H]3CCC4CC(=O)C(C=O)C[C@]4(C)[C@@H]3CC[C@@]21C. The van der Waals surface area contributed by atoms with Crippen molar-refractivity contribution in [1.29, 1.82) is 0 Å². The number of hydrogen-bond donors (Lipinski definition) is 1. The molecule has 8 atom stereocenters. The average molecular weight is 332 g/mol. The van der Waals surface area contributed by atoms with Crippen LogP contribution in [-0.2, 0) is 9.59 Å². The summed E-state index contributed by atoms with van der Waals surface area (Å²) in [5, 5.41) is 11.0. The van der Waals surface area contributed by atoms with Crippen molar-refractivity contribution in [2.45, 2.75) is 77.7 Å². The zero-order chi connectivity index (χ0) is 17.3. The molecule has 4 aliphatic rings. The zero-order valence-electron chi connectivity index (χ0n) is 15.4. The minimum atomic E-state index is -0.533. The molecule has 0 spiro atoms. The lowest BCUT2D eigenvalue weighted by atomic mass is 9.44. The number of fused-ring (bicyclic) bond motifs is 5. The molecule has 0 bridgehead atoms. The van der Waals surface area contributed by atoms with Gasteiger partial charge in [0.25, 0.3) is 0 Å². The van der Waals surface area contributed by atoms with Gasteiger partial charge in [-0.1, -0.05) is 13.8 Å². The molecule has 0 saturated heterocycles. The average Bonchev–Trinajstić information content (AvgIpc) is 2.77. The van der Waals surface area contributed by atoms with Gasteiger partial charge >= 0.3 is 0 Å². The van der Waals surface area contributed by atoms with E-state index in [9.17, 15) is 14.7 Å². The highest BCUT2D eigenvalue weighted by Crippen LogP contribution is 2.68. The lowest BCUT2D eigenvalue weighted by molar-refractivity contribution is -0.159. The number of carbonyl (C=O) groups is 2. The van der Waals surface area contributed by atoms with Crippen molar-refractivity contribution in [2.75, 3.05) is 0 Å². The third-order valence-electron chi connectivity index (χ3n) is 9.31. The van der Waals surface area contributed by atoms with Gasteiger partial charge in [-0.25, -0.2) is 0 Å². The highest BCUT2D eigenvalue weighted by molar-refractivity contribution is 5.94. The fraction of sp³-hybridized carbons (Fsp3) is 0.905. The van der Waals surface area contributed by atoms with Crippen LogP contribution in [0, 0.1) is 40.4 Å². The number of aldehydes is 1. The van der Waals surface area contributed by atoms with Crippen LogP contribution >= 0.6 is 0 Å². The van der Waals surface area contributed by atoms with Gasteiger partial charge in [-0.15, -0.1) is 0 Å². The van der Waals surface area contributed by atoms with E-state index in [1.807, 2.05) is 6.92 Å². The van der Waals surface area contributed by atoms with E-state index in [0.29, 0.717) is 30.1 Å². The lowest BCUT2D eigenvalue weighted by Crippen LogP contribution is -2.57. The van der Waals surface area contributed by atoms with Crippen molar-refractivity contribution >= 4 is 12.1 Å². The Balaban J connectivity index is 1.66. The second-order valence-corrected chi connectivity index (χ2v) is 10.0. The predicted molar refractivity (Wildman–Crippen MR) is 92.3 cm³/mol. The second kappa shape index (κ2) is 5.16. The summed E-state index contributed by atoms with van der Waals surface area (Å²) < 4.78 is 0. The van der Waals surface area contributed by atoms with Crippen molar-refractivity contribution < 1.29 is 14.7 Å². The van der Waals surface area contributed by atoms with Crippen LogP contribution in [0.3, 0.4) is 0 Å². The quantitative estimate of drug-likeness (QED) is 0.587. The van der Waals surface area contributed by atoms with Crippen LogP contribution in [-0.4, -0.2) is 22.8 Å². The van der Waals surface area contributed by atoms with Crippen LogP contribution in [0.15, 0.2) is 0 Å². The summed E-state index contributed by atoms with van der Waals surface area (Å²) >= 11 is 0. The Morgan fingerprint density at radius 2 is 1.75 bits per heavy atom. The summed E-state index contributed by atoms with van der Waals surface area (Å²) in [6.45, 7) is 6.73. The van der Waals surface area contributed by atoms with Gasteiger partial charge in [0.2, 0.25) is 0 Å². The predicted octanol–water partition coefficient (Wildman–Crippen LogP) is 3.77. The minimum Gasteiger partial charge on any atom is -0.390 e. The normalized spacial score (nSPS) is 57.0. The molecule has 0 radical (unpaired) electrons. The van der Waals surface area contributed by atoms with E-state index in [2.05, 4.69) is 13.8 Å². The van der Waals surface area contributed by atoms with Crippen LogP contribution in [0.25, 0.3) is 0 Å². The van der Waals surface area contributed by atoms with E-state index in [-0.39, 0.29) is 22.5 Å². The van der Waals surface area contributed by atoms with Gasteiger partial charge in [0, 0.05) is 6.42 Å². The summed E-state index contributed by atoms with van der Waals surface area (Å²) in [6, 6.07) is 0. The van der Waals surface area contributed by atoms with Gasteiger partial charge in [0.1, 0.15) is 12.1 Å². The van der Waals surface area contributed by atoms with Crippen LogP contribution < -0.4 is 0 Å². The first-order chi connectivity index (χ1) is 11.2. The molecule has 0 aliphatic heterocycles. The first-order valence-electron chi connectivity index (χ1n) is 9.93. The summed E-state index contributed by atoms with van der Waals surface area (Å²) in [5.41, 5.74) is -0.349. The van der Waals surface area contributed by atoms with Gasteiger partial charge < -0.3 is 9.90 Å². The third kappa shape index (κ3) is 2.00. The van der Waals surface area contributed by atoms with Crippen LogP contribution in [0.4, 0.5) is 0 Å². The molecular weight excluding hydrogens is 300 g/mol. The Bertz CT molecular complexity index is 567. The van der Waals surface area contributed by atoms with E-state index in [1.165, 1.54) is 6.42 Å². The molecule has 0 amide bonds. The molecule has 0 aromatic rings. The molecule has 0 heterocycles. The summed E-state index contributed by atoms with van der Waals surface area (Å²) in [7, 11) is 0. The minimum absolute atomic E-state index is 0.0475. The monoisotopic (exact) mass is 332 g/mol. The topological polar surface area (TPSA) is 54.4 Å². The lowest BCUT2D eigenvalue weighted by Gasteiger charge is -2.61. The van der Waals surface area contributed by atoms with Crippen molar-refractivity contribution in [2.24, 2.45) is 40.4 Å². The van der Waals surface area contributed by atoms with E-state index in [0.717, 1.165) is 44.8 Å². The Morgan fingerprint density at radius 3 is 2.46 bits per heavy atom. The molecule has 24 heavy (non-hydrogen) atoms. The molecule has 3 nitrogen and oxygen atoms in total. The fourth-order valence-electron chi connectivity index (χ4n) is 7.54. The molecular formula is C21H32O3. The van der Waals surface area contributed by atoms with Gasteiger partial charge in [-0.2, -0.15) is 0 Å². The van der Waals surface area contributed by atoms with E-state index >= 15 is 0 Å². The summed E-state index contributed by atoms with van der Waals surface area (Å²) in [6.07, 6.45) is 8.93. The fourth-order valence-corrected chi connectivity index (χ4v) is 7.54. The molecule has 4 fully saturated rings. The molecule has 0 aromatic carbocycles. The number of rotatable bonds is 1. The van der Waals surface area contributed by atoms with Gasteiger partial charge in [0.05, 0.1) is 11.5 Å². The smallest absolute Gasteiger partial charge is 0.143 e. The second-order valence-electron chi connectivity index (χ2n) is 10.0. The summed E-state index contributed by atoms with van der Waals surface area (Å²) in [4.78, 5) is 23.6. The molecule has 3 heteroatoms.